The van der Waals surface area contributed by atoms with Crippen molar-refractivity contribution >= 4 is 5.91 Å². The molecule has 0 aliphatic heterocycles. The third-order valence-corrected chi connectivity index (χ3v) is 4.35. The van der Waals surface area contributed by atoms with Gasteiger partial charge in [-0.25, -0.2) is 9.37 Å². The molecule has 1 unspecified atom stereocenters. The maximum atomic E-state index is 13.3. The normalized spacial score (nSPS) is 12.0. The van der Waals surface area contributed by atoms with Gasteiger partial charge < -0.3 is 9.88 Å². The Morgan fingerprint density at radius 3 is 2.65 bits per heavy atom. The van der Waals surface area contributed by atoms with E-state index in [1.807, 2.05) is 42.9 Å². The second kappa shape index (κ2) is 7.95. The van der Waals surface area contributed by atoms with E-state index in [1.165, 1.54) is 17.7 Å². The average molecular weight is 351 g/mol. The molecule has 0 radical (unpaired) electrons. The van der Waals surface area contributed by atoms with Crippen molar-refractivity contribution in [1.29, 1.82) is 0 Å². The maximum Gasteiger partial charge on any atom is 0.221 e. The summed E-state index contributed by atoms with van der Waals surface area (Å²) in [5.41, 5.74) is 3.11. The average Bonchev–Trinajstić information content (AvgIpc) is 3.05. The predicted molar refractivity (Wildman–Crippen MR) is 99.1 cm³/mol. The number of nitrogens with one attached hydrogen (secondary N) is 1. The molecule has 0 bridgehead atoms. The van der Waals surface area contributed by atoms with Crippen molar-refractivity contribution in [2.45, 2.75) is 25.8 Å². The van der Waals surface area contributed by atoms with Crippen molar-refractivity contribution in [3.05, 3.63) is 89.3 Å². The first kappa shape index (κ1) is 17.9. The second-order valence-electron chi connectivity index (χ2n) is 6.44. The van der Waals surface area contributed by atoms with Gasteiger partial charge in [-0.1, -0.05) is 42.0 Å². The summed E-state index contributed by atoms with van der Waals surface area (Å²) >= 11 is 0. The highest BCUT2D eigenvalue weighted by molar-refractivity contribution is 5.77. The monoisotopic (exact) mass is 351 g/mol. The standard InChI is InChI=1S/C21H22FN3O/c1-15-4-3-5-16(14-15)6-11-19(26)24-20(21-23-12-13-25(21)2)17-7-9-18(22)10-8-17/h3-5,7-10,12-14,20H,6,11H2,1-2H3,(H,24,26). The smallest absolute Gasteiger partial charge is 0.221 e. The second-order valence-corrected chi connectivity index (χ2v) is 6.44. The molecule has 1 aromatic heterocycles. The lowest BCUT2D eigenvalue weighted by molar-refractivity contribution is -0.121. The van der Waals surface area contributed by atoms with Crippen LogP contribution in [0.15, 0.2) is 60.9 Å². The Balaban J connectivity index is 1.74. The minimum Gasteiger partial charge on any atom is -0.342 e. The van der Waals surface area contributed by atoms with Crippen LogP contribution in [0.2, 0.25) is 0 Å². The first-order valence-electron chi connectivity index (χ1n) is 8.60. The number of amides is 1. The Labute approximate surface area is 152 Å². The number of hydrogen-bond donors (Lipinski definition) is 1. The summed E-state index contributed by atoms with van der Waals surface area (Å²) in [7, 11) is 1.87. The van der Waals surface area contributed by atoms with E-state index in [0.29, 0.717) is 18.7 Å². The highest BCUT2D eigenvalue weighted by atomic mass is 19.1. The molecule has 134 valence electrons. The molecule has 5 heteroatoms. The van der Waals surface area contributed by atoms with Crippen molar-refractivity contribution in [2.24, 2.45) is 7.05 Å². The van der Waals surface area contributed by atoms with Gasteiger partial charge in [-0.2, -0.15) is 0 Å². The highest BCUT2D eigenvalue weighted by Crippen LogP contribution is 2.21. The molecule has 3 aromatic rings. The summed E-state index contributed by atoms with van der Waals surface area (Å²) in [6.45, 7) is 2.04. The van der Waals surface area contributed by atoms with Crippen LogP contribution in [-0.4, -0.2) is 15.5 Å². The Kier molecular flexibility index (Phi) is 5.46. The van der Waals surface area contributed by atoms with Crippen molar-refractivity contribution < 1.29 is 9.18 Å². The third kappa shape index (κ3) is 4.36. The molecule has 26 heavy (non-hydrogen) atoms. The molecular formula is C21H22FN3O. The number of nitrogens with zero attached hydrogens (tertiary/aromatic N) is 2. The van der Waals surface area contributed by atoms with Crippen LogP contribution >= 0.6 is 0 Å². The van der Waals surface area contributed by atoms with Crippen LogP contribution in [0.5, 0.6) is 0 Å². The molecule has 0 fully saturated rings. The van der Waals surface area contributed by atoms with Gasteiger partial charge in [-0.05, 0) is 36.6 Å². The zero-order chi connectivity index (χ0) is 18.5. The van der Waals surface area contributed by atoms with E-state index in [9.17, 15) is 9.18 Å². The zero-order valence-corrected chi connectivity index (χ0v) is 14.9. The van der Waals surface area contributed by atoms with Crippen LogP contribution in [0.4, 0.5) is 4.39 Å². The lowest BCUT2D eigenvalue weighted by Gasteiger charge is -2.19. The number of rotatable bonds is 6. The van der Waals surface area contributed by atoms with Gasteiger partial charge in [0.05, 0.1) is 0 Å². The molecule has 1 amide bonds. The molecular weight excluding hydrogens is 329 g/mol. The largest absolute Gasteiger partial charge is 0.342 e. The van der Waals surface area contributed by atoms with Gasteiger partial charge in [-0.3, -0.25) is 4.79 Å². The van der Waals surface area contributed by atoms with Crippen LogP contribution in [0.3, 0.4) is 0 Å². The van der Waals surface area contributed by atoms with E-state index in [0.717, 1.165) is 11.1 Å². The number of hydrogen-bond acceptors (Lipinski definition) is 2. The van der Waals surface area contributed by atoms with E-state index in [1.54, 1.807) is 18.3 Å². The fourth-order valence-corrected chi connectivity index (χ4v) is 2.97. The van der Waals surface area contributed by atoms with Gasteiger partial charge in [0.25, 0.3) is 0 Å². The SMILES string of the molecule is Cc1cccc(CCC(=O)NC(c2ccc(F)cc2)c2nccn2C)c1. The Hall–Kier alpha value is -2.95. The number of imidazole rings is 1. The van der Waals surface area contributed by atoms with E-state index >= 15 is 0 Å². The van der Waals surface area contributed by atoms with Crippen LogP contribution in [0, 0.1) is 12.7 Å². The van der Waals surface area contributed by atoms with Gasteiger partial charge in [-0.15, -0.1) is 0 Å². The molecule has 3 rings (SSSR count). The van der Waals surface area contributed by atoms with Crippen LogP contribution in [-0.2, 0) is 18.3 Å². The third-order valence-electron chi connectivity index (χ3n) is 4.35. The van der Waals surface area contributed by atoms with Crippen LogP contribution in [0.1, 0.15) is 35.0 Å². The number of halogens is 1. The summed E-state index contributed by atoms with van der Waals surface area (Å²) in [5.74, 6) is 0.336. The minimum atomic E-state index is -0.416. The Bertz CT molecular complexity index is 886. The first-order chi connectivity index (χ1) is 12.5. The Morgan fingerprint density at radius 2 is 2.00 bits per heavy atom. The van der Waals surface area contributed by atoms with Gasteiger partial charge in [0.2, 0.25) is 5.91 Å². The lowest BCUT2D eigenvalue weighted by atomic mass is 10.0. The fourth-order valence-electron chi connectivity index (χ4n) is 2.97. The van der Waals surface area contributed by atoms with Crippen molar-refractivity contribution in [1.82, 2.24) is 14.9 Å². The van der Waals surface area contributed by atoms with Gasteiger partial charge >= 0.3 is 0 Å². The topological polar surface area (TPSA) is 46.9 Å². The van der Waals surface area contributed by atoms with Crippen molar-refractivity contribution in [3.8, 4) is 0 Å². The predicted octanol–water partition coefficient (Wildman–Crippen LogP) is 3.71. The number of aromatic nitrogens is 2. The summed E-state index contributed by atoms with van der Waals surface area (Å²) < 4.78 is 15.1. The highest BCUT2D eigenvalue weighted by Gasteiger charge is 2.20. The summed E-state index contributed by atoms with van der Waals surface area (Å²) in [5, 5.41) is 3.04. The maximum absolute atomic E-state index is 13.3. The number of benzene rings is 2. The molecule has 0 spiro atoms. The summed E-state index contributed by atoms with van der Waals surface area (Å²) in [6, 6.07) is 13.9. The molecule has 4 nitrogen and oxygen atoms in total. The summed E-state index contributed by atoms with van der Waals surface area (Å²) in [6.07, 6.45) is 4.56. The van der Waals surface area contributed by atoms with Crippen LogP contribution in [0.25, 0.3) is 0 Å². The van der Waals surface area contributed by atoms with Gasteiger partial charge in [0.15, 0.2) is 0 Å². The Morgan fingerprint density at radius 1 is 1.23 bits per heavy atom. The van der Waals surface area contributed by atoms with Gasteiger partial charge in [0, 0.05) is 25.9 Å². The van der Waals surface area contributed by atoms with E-state index in [4.69, 9.17) is 0 Å². The molecule has 0 aliphatic rings. The quantitative estimate of drug-likeness (QED) is 0.736. The van der Waals surface area contributed by atoms with Crippen molar-refractivity contribution in [2.75, 3.05) is 0 Å². The molecule has 0 aliphatic carbocycles. The van der Waals surface area contributed by atoms with E-state index in [2.05, 4.69) is 16.4 Å². The molecule has 0 saturated heterocycles. The first-order valence-corrected chi connectivity index (χ1v) is 8.60. The number of carbonyl (C=O) groups excluding carboxylic acids is 1. The van der Waals surface area contributed by atoms with Crippen LogP contribution < -0.4 is 5.32 Å². The summed E-state index contributed by atoms with van der Waals surface area (Å²) in [4.78, 5) is 16.9. The van der Waals surface area contributed by atoms with Crippen molar-refractivity contribution in [3.63, 3.8) is 0 Å². The lowest BCUT2D eigenvalue weighted by Crippen LogP contribution is -2.31. The number of carbonyl (C=O) groups is 1. The number of aryl methyl sites for hydroxylation is 3. The molecule has 1 N–H and O–H groups in total. The molecule has 1 atom stereocenters. The molecule has 0 saturated carbocycles. The van der Waals surface area contributed by atoms with E-state index in [-0.39, 0.29) is 11.7 Å². The van der Waals surface area contributed by atoms with Gasteiger partial charge in [0.1, 0.15) is 17.7 Å². The fraction of sp³-hybridized carbons (Fsp3) is 0.238. The molecule has 2 aromatic carbocycles. The molecule has 1 heterocycles. The minimum absolute atomic E-state index is 0.0659. The zero-order valence-electron chi connectivity index (χ0n) is 14.9. The van der Waals surface area contributed by atoms with E-state index < -0.39 is 6.04 Å².